The summed E-state index contributed by atoms with van der Waals surface area (Å²) in [5, 5.41) is 11.5. The summed E-state index contributed by atoms with van der Waals surface area (Å²) in [6, 6.07) is 5.30. The zero-order chi connectivity index (χ0) is 17.0. The van der Waals surface area contributed by atoms with Crippen LogP contribution in [-0.2, 0) is 17.8 Å². The molecule has 0 radical (unpaired) electrons. The lowest BCUT2D eigenvalue weighted by molar-refractivity contribution is -0.120. The number of ether oxygens (including phenoxy) is 1. The van der Waals surface area contributed by atoms with Crippen molar-refractivity contribution in [2.24, 2.45) is 0 Å². The molecule has 0 bridgehead atoms. The molecule has 0 aliphatic heterocycles. The summed E-state index contributed by atoms with van der Waals surface area (Å²) in [6.45, 7) is 1.58. The maximum absolute atomic E-state index is 13.2. The number of aromatic carboxylic acids is 1. The Labute approximate surface area is 131 Å². The van der Waals surface area contributed by atoms with E-state index >= 15 is 0 Å². The molecule has 23 heavy (non-hydrogen) atoms. The Morgan fingerprint density at radius 3 is 2.70 bits per heavy atom. The minimum absolute atomic E-state index is 0.0462. The number of nitrogens with one attached hydrogen (secondary N) is 1. The molecule has 0 saturated carbocycles. The van der Waals surface area contributed by atoms with E-state index in [4.69, 9.17) is 14.3 Å². The molecule has 0 atom stereocenters. The van der Waals surface area contributed by atoms with Crippen LogP contribution in [-0.4, -0.2) is 24.1 Å². The first kappa shape index (κ1) is 16.5. The molecule has 2 N–H and O–H groups in total. The lowest BCUT2D eigenvalue weighted by atomic mass is 10.1. The molecule has 0 aliphatic carbocycles. The van der Waals surface area contributed by atoms with Crippen molar-refractivity contribution in [3.05, 3.63) is 52.7 Å². The van der Waals surface area contributed by atoms with Gasteiger partial charge in [0.15, 0.2) is 0 Å². The van der Waals surface area contributed by atoms with Gasteiger partial charge in [-0.05, 0) is 31.2 Å². The van der Waals surface area contributed by atoms with Gasteiger partial charge in [0, 0.05) is 5.56 Å². The Hall–Kier alpha value is -2.83. The molecule has 1 aromatic carbocycles. The first-order valence-electron chi connectivity index (χ1n) is 6.82. The predicted octanol–water partition coefficient (Wildman–Crippen LogP) is 2.29. The zero-order valence-corrected chi connectivity index (χ0v) is 12.7. The molecule has 0 saturated heterocycles. The van der Waals surface area contributed by atoms with Crippen LogP contribution in [0, 0.1) is 12.7 Å². The Morgan fingerprint density at radius 2 is 2.09 bits per heavy atom. The molecule has 1 aromatic heterocycles. The van der Waals surface area contributed by atoms with Crippen molar-refractivity contribution in [1.82, 2.24) is 5.32 Å². The number of carboxylic acid groups (broad SMARTS) is 1. The van der Waals surface area contributed by atoms with E-state index in [1.807, 2.05) is 0 Å². The fourth-order valence-corrected chi connectivity index (χ4v) is 2.15. The first-order chi connectivity index (χ1) is 10.9. The number of carbonyl (C=O) groups is 2. The average molecular weight is 321 g/mol. The molecular weight excluding hydrogens is 305 g/mol. The SMILES string of the molecule is COc1ccc(F)cc1CC(=O)NCc1cc(C(=O)O)c(C)o1. The second-order valence-corrected chi connectivity index (χ2v) is 4.90. The number of halogens is 1. The molecule has 7 heteroatoms. The fraction of sp³-hybridized carbons (Fsp3) is 0.250. The van der Waals surface area contributed by atoms with Crippen molar-refractivity contribution in [3.63, 3.8) is 0 Å². The lowest BCUT2D eigenvalue weighted by Crippen LogP contribution is -2.24. The van der Waals surface area contributed by atoms with Crippen LogP contribution in [0.5, 0.6) is 5.75 Å². The summed E-state index contributed by atoms with van der Waals surface area (Å²) in [4.78, 5) is 22.9. The van der Waals surface area contributed by atoms with Gasteiger partial charge in [0.25, 0.3) is 0 Å². The van der Waals surface area contributed by atoms with E-state index in [2.05, 4.69) is 5.32 Å². The number of methoxy groups -OCH3 is 1. The third-order valence-corrected chi connectivity index (χ3v) is 3.25. The second-order valence-electron chi connectivity index (χ2n) is 4.90. The van der Waals surface area contributed by atoms with Gasteiger partial charge in [-0.1, -0.05) is 0 Å². The third kappa shape index (κ3) is 4.09. The Morgan fingerprint density at radius 1 is 1.35 bits per heavy atom. The van der Waals surface area contributed by atoms with E-state index in [1.165, 1.54) is 38.3 Å². The van der Waals surface area contributed by atoms with Crippen molar-refractivity contribution >= 4 is 11.9 Å². The molecule has 1 amide bonds. The van der Waals surface area contributed by atoms with E-state index in [-0.39, 0.29) is 30.2 Å². The van der Waals surface area contributed by atoms with Gasteiger partial charge in [-0.2, -0.15) is 0 Å². The van der Waals surface area contributed by atoms with Gasteiger partial charge in [0.1, 0.15) is 28.7 Å². The number of amides is 1. The molecular formula is C16H16FNO5. The van der Waals surface area contributed by atoms with E-state index < -0.39 is 11.8 Å². The zero-order valence-electron chi connectivity index (χ0n) is 12.7. The Balaban J connectivity index is 1.99. The fourth-order valence-electron chi connectivity index (χ4n) is 2.15. The molecule has 0 unspecified atom stereocenters. The number of benzene rings is 1. The molecule has 6 nitrogen and oxygen atoms in total. The van der Waals surface area contributed by atoms with Crippen LogP contribution in [0.4, 0.5) is 4.39 Å². The lowest BCUT2D eigenvalue weighted by Gasteiger charge is -2.08. The van der Waals surface area contributed by atoms with Gasteiger partial charge in [-0.3, -0.25) is 4.79 Å². The van der Waals surface area contributed by atoms with E-state index in [0.29, 0.717) is 17.1 Å². The number of rotatable bonds is 6. The van der Waals surface area contributed by atoms with Gasteiger partial charge in [-0.25, -0.2) is 9.18 Å². The summed E-state index contributed by atoms with van der Waals surface area (Å²) >= 11 is 0. The monoisotopic (exact) mass is 321 g/mol. The van der Waals surface area contributed by atoms with Crippen molar-refractivity contribution in [1.29, 1.82) is 0 Å². The van der Waals surface area contributed by atoms with Gasteiger partial charge in [0.2, 0.25) is 5.91 Å². The average Bonchev–Trinajstić information content (AvgIpc) is 2.87. The number of aryl methyl sites for hydroxylation is 1. The summed E-state index contributed by atoms with van der Waals surface area (Å²) in [5.41, 5.74) is 0.480. The molecule has 1 heterocycles. The van der Waals surface area contributed by atoms with Crippen LogP contribution in [0.25, 0.3) is 0 Å². The molecule has 2 aromatic rings. The van der Waals surface area contributed by atoms with Gasteiger partial charge in [-0.15, -0.1) is 0 Å². The highest BCUT2D eigenvalue weighted by Gasteiger charge is 2.15. The topological polar surface area (TPSA) is 88.8 Å². The van der Waals surface area contributed by atoms with Crippen molar-refractivity contribution in [2.45, 2.75) is 19.9 Å². The van der Waals surface area contributed by atoms with E-state index in [0.717, 1.165) is 0 Å². The number of hydrogen-bond acceptors (Lipinski definition) is 4. The van der Waals surface area contributed by atoms with Crippen LogP contribution in [0.3, 0.4) is 0 Å². The van der Waals surface area contributed by atoms with E-state index in [1.54, 1.807) is 0 Å². The number of carboxylic acids is 1. The van der Waals surface area contributed by atoms with Crippen LogP contribution in [0.1, 0.15) is 27.4 Å². The minimum Gasteiger partial charge on any atom is -0.496 e. The van der Waals surface area contributed by atoms with Crippen molar-refractivity contribution < 1.29 is 28.2 Å². The summed E-state index contributed by atoms with van der Waals surface area (Å²) in [7, 11) is 1.44. The largest absolute Gasteiger partial charge is 0.496 e. The van der Waals surface area contributed by atoms with Crippen LogP contribution in [0.15, 0.2) is 28.7 Å². The van der Waals surface area contributed by atoms with Crippen molar-refractivity contribution in [2.75, 3.05) is 7.11 Å². The van der Waals surface area contributed by atoms with Gasteiger partial charge < -0.3 is 19.6 Å². The minimum atomic E-state index is -1.09. The van der Waals surface area contributed by atoms with Gasteiger partial charge in [0.05, 0.1) is 20.1 Å². The third-order valence-electron chi connectivity index (χ3n) is 3.25. The maximum Gasteiger partial charge on any atom is 0.339 e. The number of furan rings is 1. The van der Waals surface area contributed by atoms with Crippen LogP contribution < -0.4 is 10.1 Å². The molecule has 2 rings (SSSR count). The molecule has 0 aliphatic rings. The highest BCUT2D eigenvalue weighted by molar-refractivity contribution is 5.88. The quantitative estimate of drug-likeness (QED) is 0.852. The van der Waals surface area contributed by atoms with E-state index in [9.17, 15) is 14.0 Å². The Bertz CT molecular complexity index is 738. The molecule has 122 valence electrons. The smallest absolute Gasteiger partial charge is 0.339 e. The summed E-state index contributed by atoms with van der Waals surface area (Å²) in [6.07, 6.45) is -0.0631. The number of hydrogen-bond donors (Lipinski definition) is 2. The highest BCUT2D eigenvalue weighted by Crippen LogP contribution is 2.20. The van der Waals surface area contributed by atoms with Crippen LogP contribution >= 0.6 is 0 Å². The maximum atomic E-state index is 13.2. The summed E-state index contributed by atoms with van der Waals surface area (Å²) < 4.78 is 23.6. The normalized spacial score (nSPS) is 10.4. The van der Waals surface area contributed by atoms with Crippen molar-refractivity contribution in [3.8, 4) is 5.75 Å². The first-order valence-corrected chi connectivity index (χ1v) is 6.82. The standard InChI is InChI=1S/C16H16FNO5/c1-9-13(16(20)21)7-12(23-9)8-18-15(19)6-10-5-11(17)3-4-14(10)22-2/h3-5,7H,6,8H2,1-2H3,(H,18,19)(H,20,21). The van der Waals surface area contributed by atoms with Crippen LogP contribution in [0.2, 0.25) is 0 Å². The number of carbonyl (C=O) groups excluding carboxylic acids is 1. The molecule has 0 fully saturated rings. The Kier molecular flexibility index (Phi) is 5.00. The second kappa shape index (κ2) is 6.95. The highest BCUT2D eigenvalue weighted by atomic mass is 19.1. The molecule has 0 spiro atoms. The predicted molar refractivity (Wildman–Crippen MR) is 78.9 cm³/mol. The summed E-state index contributed by atoms with van der Waals surface area (Å²) in [5.74, 6) is -0.883. The van der Waals surface area contributed by atoms with Gasteiger partial charge >= 0.3 is 5.97 Å².